The van der Waals surface area contributed by atoms with Crippen molar-refractivity contribution in [3.05, 3.63) is 23.5 Å². The van der Waals surface area contributed by atoms with Gasteiger partial charge in [-0.15, -0.1) is 24.8 Å². The lowest BCUT2D eigenvalue weighted by molar-refractivity contribution is -0.119. The van der Waals surface area contributed by atoms with Gasteiger partial charge in [-0.3, -0.25) is 9.79 Å². The molecule has 0 spiro atoms. The summed E-state index contributed by atoms with van der Waals surface area (Å²) in [5.41, 5.74) is 1.91. The number of halogens is 2. The molecule has 0 saturated heterocycles. The predicted molar refractivity (Wildman–Crippen MR) is 51.9 cm³/mol. The van der Waals surface area contributed by atoms with Gasteiger partial charge in [0.2, 0.25) is 5.91 Å². The van der Waals surface area contributed by atoms with E-state index in [9.17, 15) is 4.79 Å². The molecule has 66 valence electrons. The summed E-state index contributed by atoms with van der Waals surface area (Å²) in [5.74, 6) is 0.0421. The third-order valence-electron chi connectivity index (χ3n) is 1.54. The van der Waals surface area contributed by atoms with Crippen LogP contribution in [0.3, 0.4) is 0 Å². The summed E-state index contributed by atoms with van der Waals surface area (Å²) in [7, 11) is 0. The Balaban J connectivity index is 0.000000605. The maximum Gasteiger partial charge on any atom is 0.228 e. The molecule has 1 N–H and O–H groups in total. The maximum atomic E-state index is 10.8. The number of rotatable bonds is 0. The number of nitrogens with one attached hydrogen (secondary N) is 1. The van der Waals surface area contributed by atoms with Crippen LogP contribution in [0.15, 0.2) is 28.5 Å². The van der Waals surface area contributed by atoms with Gasteiger partial charge in [-0.1, -0.05) is 0 Å². The lowest BCUT2D eigenvalue weighted by Crippen LogP contribution is -2.22. The highest BCUT2D eigenvalue weighted by Gasteiger charge is 2.16. The standard InChI is InChI=1S/C7H6N2O.2ClH/c10-7-3-5-1-2-8-6(5)4-9-7;;/h1-2,4H,3H2,(H,9,10);2*1H. The largest absolute Gasteiger partial charge is 0.330 e. The van der Waals surface area contributed by atoms with Crippen molar-refractivity contribution < 1.29 is 4.79 Å². The Labute approximate surface area is 82.5 Å². The van der Waals surface area contributed by atoms with Gasteiger partial charge >= 0.3 is 0 Å². The molecule has 0 radical (unpaired) electrons. The third kappa shape index (κ3) is 1.87. The van der Waals surface area contributed by atoms with E-state index in [0.29, 0.717) is 6.42 Å². The summed E-state index contributed by atoms with van der Waals surface area (Å²) in [6.07, 6.45) is 5.68. The number of carbonyl (C=O) groups excluding carboxylic acids is 1. The van der Waals surface area contributed by atoms with Gasteiger partial charge in [0, 0.05) is 12.4 Å². The van der Waals surface area contributed by atoms with E-state index in [1.807, 2.05) is 6.08 Å². The van der Waals surface area contributed by atoms with Gasteiger partial charge < -0.3 is 5.32 Å². The van der Waals surface area contributed by atoms with E-state index in [1.165, 1.54) is 0 Å². The minimum atomic E-state index is 0. The summed E-state index contributed by atoms with van der Waals surface area (Å²) in [6, 6.07) is 0. The van der Waals surface area contributed by atoms with Crippen LogP contribution in [-0.2, 0) is 4.79 Å². The number of hydrogen-bond donors (Lipinski definition) is 1. The molecular formula is C7H8Cl2N2O. The lowest BCUT2D eigenvalue weighted by atomic mass is 10.1. The van der Waals surface area contributed by atoms with Gasteiger partial charge in [-0.25, -0.2) is 0 Å². The van der Waals surface area contributed by atoms with Gasteiger partial charge in [0.15, 0.2) is 0 Å². The molecule has 0 aromatic carbocycles. The fraction of sp³-hybridized carbons (Fsp3) is 0.143. The van der Waals surface area contributed by atoms with Crippen molar-refractivity contribution in [3.63, 3.8) is 0 Å². The zero-order valence-electron chi connectivity index (χ0n) is 6.11. The van der Waals surface area contributed by atoms with Crippen molar-refractivity contribution in [2.45, 2.75) is 6.42 Å². The van der Waals surface area contributed by atoms with E-state index < -0.39 is 0 Å². The molecule has 0 aromatic rings. The lowest BCUT2D eigenvalue weighted by Gasteiger charge is -2.09. The fourth-order valence-corrected chi connectivity index (χ4v) is 1.03. The van der Waals surface area contributed by atoms with Crippen LogP contribution in [-0.4, -0.2) is 12.1 Å². The third-order valence-corrected chi connectivity index (χ3v) is 1.54. The number of nitrogens with zero attached hydrogens (tertiary/aromatic N) is 1. The molecule has 2 rings (SSSR count). The molecule has 0 bridgehead atoms. The van der Waals surface area contributed by atoms with Crippen LogP contribution in [0.2, 0.25) is 0 Å². The minimum Gasteiger partial charge on any atom is -0.330 e. The van der Waals surface area contributed by atoms with Crippen molar-refractivity contribution in [2.24, 2.45) is 4.99 Å². The smallest absolute Gasteiger partial charge is 0.228 e. The topological polar surface area (TPSA) is 41.5 Å². The van der Waals surface area contributed by atoms with E-state index in [-0.39, 0.29) is 30.7 Å². The van der Waals surface area contributed by atoms with Crippen LogP contribution >= 0.6 is 24.8 Å². The summed E-state index contributed by atoms with van der Waals surface area (Å²) >= 11 is 0. The second kappa shape index (κ2) is 4.28. The van der Waals surface area contributed by atoms with E-state index >= 15 is 0 Å². The first-order valence-corrected chi connectivity index (χ1v) is 3.09. The highest BCUT2D eigenvalue weighted by Crippen LogP contribution is 2.21. The Hall–Kier alpha value is -0.800. The van der Waals surface area contributed by atoms with Crippen LogP contribution in [0.25, 0.3) is 0 Å². The zero-order valence-corrected chi connectivity index (χ0v) is 7.74. The van der Waals surface area contributed by atoms with E-state index in [2.05, 4.69) is 10.3 Å². The van der Waals surface area contributed by atoms with Crippen LogP contribution in [0.4, 0.5) is 0 Å². The molecule has 0 unspecified atom stereocenters. The summed E-state index contributed by atoms with van der Waals surface area (Å²) in [4.78, 5) is 14.8. The quantitative estimate of drug-likeness (QED) is 0.637. The molecule has 0 fully saturated rings. The summed E-state index contributed by atoms with van der Waals surface area (Å²) in [5, 5.41) is 2.60. The molecule has 3 nitrogen and oxygen atoms in total. The molecule has 0 aliphatic carbocycles. The van der Waals surface area contributed by atoms with Crippen molar-refractivity contribution >= 4 is 36.9 Å². The molecule has 0 aromatic heterocycles. The van der Waals surface area contributed by atoms with Gasteiger partial charge in [-0.2, -0.15) is 0 Å². The Morgan fingerprint density at radius 1 is 1.42 bits per heavy atom. The summed E-state index contributed by atoms with van der Waals surface area (Å²) < 4.78 is 0. The molecule has 2 heterocycles. The van der Waals surface area contributed by atoms with Crippen LogP contribution < -0.4 is 5.32 Å². The molecule has 1 amide bonds. The predicted octanol–water partition coefficient (Wildman–Crippen LogP) is 1.20. The summed E-state index contributed by atoms with van der Waals surface area (Å²) in [6.45, 7) is 0. The molecule has 0 atom stereocenters. The van der Waals surface area contributed by atoms with Crippen molar-refractivity contribution in [1.29, 1.82) is 0 Å². The van der Waals surface area contributed by atoms with Crippen LogP contribution in [0.5, 0.6) is 0 Å². The van der Waals surface area contributed by atoms with Crippen LogP contribution in [0.1, 0.15) is 6.42 Å². The Morgan fingerprint density at radius 3 is 2.92 bits per heavy atom. The monoisotopic (exact) mass is 206 g/mol. The molecule has 5 heteroatoms. The molecular weight excluding hydrogens is 199 g/mol. The zero-order chi connectivity index (χ0) is 6.97. The van der Waals surface area contributed by atoms with Crippen molar-refractivity contribution in [3.8, 4) is 0 Å². The maximum absolute atomic E-state index is 10.8. The second-order valence-corrected chi connectivity index (χ2v) is 2.24. The number of amides is 1. The van der Waals surface area contributed by atoms with Gasteiger partial charge in [-0.05, 0) is 11.6 Å². The molecule has 12 heavy (non-hydrogen) atoms. The van der Waals surface area contributed by atoms with E-state index in [1.54, 1.807) is 12.4 Å². The minimum absolute atomic E-state index is 0. The first-order valence-electron chi connectivity index (χ1n) is 3.09. The average Bonchev–Trinajstić information content (AvgIpc) is 2.33. The van der Waals surface area contributed by atoms with E-state index in [0.717, 1.165) is 11.3 Å². The first-order chi connectivity index (χ1) is 4.86. The highest BCUT2D eigenvalue weighted by molar-refractivity contribution is 5.88. The van der Waals surface area contributed by atoms with E-state index in [4.69, 9.17) is 0 Å². The fourth-order valence-electron chi connectivity index (χ4n) is 1.03. The second-order valence-electron chi connectivity index (χ2n) is 2.24. The Morgan fingerprint density at radius 2 is 2.17 bits per heavy atom. The SMILES string of the molecule is Cl.Cl.O=C1CC2=CC=NC2=CN1. The van der Waals surface area contributed by atoms with Gasteiger partial charge in [0.1, 0.15) is 0 Å². The van der Waals surface area contributed by atoms with Crippen LogP contribution in [0, 0.1) is 0 Å². The van der Waals surface area contributed by atoms with Gasteiger partial charge in [0.25, 0.3) is 0 Å². The molecule has 0 saturated carbocycles. The number of fused-ring (bicyclic) bond motifs is 1. The first kappa shape index (κ1) is 11.2. The normalized spacial score (nSPS) is 17.8. The van der Waals surface area contributed by atoms with Crippen molar-refractivity contribution in [1.82, 2.24) is 5.32 Å². The Kier molecular flexibility index (Phi) is 4.00. The number of allylic oxidation sites excluding steroid dienone is 2. The molecule has 2 aliphatic heterocycles. The molecule has 2 aliphatic rings. The highest BCUT2D eigenvalue weighted by atomic mass is 35.5. The number of hydrogen-bond acceptors (Lipinski definition) is 2. The number of aliphatic imine (C=N–C) groups is 1. The van der Waals surface area contributed by atoms with Gasteiger partial charge in [0.05, 0.1) is 12.1 Å². The average molecular weight is 207 g/mol. The Bertz CT molecular complexity index is 281. The number of carbonyl (C=O) groups is 1. The van der Waals surface area contributed by atoms with Crippen molar-refractivity contribution in [2.75, 3.05) is 0 Å².